The summed E-state index contributed by atoms with van der Waals surface area (Å²) in [5.74, 6) is -1.75. The first-order valence-electron chi connectivity index (χ1n) is 7.86. The Kier molecular flexibility index (Phi) is 6.21. The number of rotatable bonds is 5. The number of benzene rings is 2. The summed E-state index contributed by atoms with van der Waals surface area (Å²) in [4.78, 5) is 45.4. The van der Waals surface area contributed by atoms with Gasteiger partial charge in [-0.2, -0.15) is 0 Å². The highest BCUT2D eigenvalue weighted by Crippen LogP contribution is 2.14. The van der Waals surface area contributed by atoms with Crippen molar-refractivity contribution in [3.63, 3.8) is 0 Å². The number of amides is 3. The molecule has 3 amide bonds. The molecule has 0 bridgehead atoms. The number of nitrogens with zero attached hydrogens (tertiary/aromatic N) is 1. The highest BCUT2D eigenvalue weighted by atomic mass is 16.6. The zero-order chi connectivity index (χ0) is 20.0. The maximum atomic E-state index is 11.8. The molecule has 2 aromatic rings. The first-order chi connectivity index (χ1) is 12.8. The van der Waals surface area contributed by atoms with Crippen LogP contribution in [0.2, 0.25) is 0 Å². The zero-order valence-electron chi connectivity index (χ0n) is 14.6. The van der Waals surface area contributed by atoms with E-state index in [1.54, 1.807) is 12.1 Å². The molecule has 0 radical (unpaired) electrons. The Morgan fingerprint density at radius 3 is 2.48 bits per heavy atom. The fourth-order valence-corrected chi connectivity index (χ4v) is 2.11. The molecule has 0 atom stereocenters. The van der Waals surface area contributed by atoms with Gasteiger partial charge in [0, 0.05) is 17.8 Å². The van der Waals surface area contributed by atoms with Crippen LogP contribution in [0.1, 0.15) is 21.5 Å². The van der Waals surface area contributed by atoms with E-state index in [1.807, 2.05) is 25.2 Å². The first-order valence-corrected chi connectivity index (χ1v) is 7.86. The van der Waals surface area contributed by atoms with Crippen LogP contribution in [0.4, 0.5) is 16.2 Å². The molecule has 9 nitrogen and oxygen atoms in total. The molecule has 0 aliphatic heterocycles. The molecule has 0 saturated carbocycles. The van der Waals surface area contributed by atoms with Crippen LogP contribution < -0.4 is 10.6 Å². The summed E-state index contributed by atoms with van der Waals surface area (Å²) < 4.78 is 4.76. The molecule has 2 N–H and O–H groups in total. The summed E-state index contributed by atoms with van der Waals surface area (Å²) in [6.45, 7) is 3.11. The lowest BCUT2D eigenvalue weighted by Crippen LogP contribution is -2.37. The summed E-state index contributed by atoms with van der Waals surface area (Å²) in [5.41, 5.74) is 2.20. The van der Waals surface area contributed by atoms with Gasteiger partial charge in [-0.15, -0.1) is 0 Å². The lowest BCUT2D eigenvalue weighted by atomic mass is 10.1. The van der Waals surface area contributed by atoms with E-state index in [1.165, 1.54) is 18.2 Å². The molecule has 0 heterocycles. The van der Waals surface area contributed by atoms with Crippen LogP contribution in [0.25, 0.3) is 0 Å². The van der Waals surface area contributed by atoms with Crippen molar-refractivity contribution in [1.29, 1.82) is 0 Å². The van der Waals surface area contributed by atoms with Crippen molar-refractivity contribution in [3.8, 4) is 0 Å². The third-order valence-electron chi connectivity index (χ3n) is 3.64. The Morgan fingerprint density at radius 2 is 1.81 bits per heavy atom. The number of anilines is 1. The average molecular weight is 371 g/mol. The van der Waals surface area contributed by atoms with E-state index in [9.17, 15) is 24.5 Å². The average Bonchev–Trinajstić information content (AvgIpc) is 2.62. The lowest BCUT2D eigenvalue weighted by molar-refractivity contribution is -0.384. The zero-order valence-corrected chi connectivity index (χ0v) is 14.6. The quantitative estimate of drug-likeness (QED) is 0.472. The van der Waals surface area contributed by atoms with Crippen LogP contribution in [0.3, 0.4) is 0 Å². The molecule has 27 heavy (non-hydrogen) atoms. The highest BCUT2D eigenvalue weighted by Gasteiger charge is 2.15. The van der Waals surface area contributed by atoms with E-state index in [0.29, 0.717) is 5.69 Å². The van der Waals surface area contributed by atoms with Gasteiger partial charge in [0.25, 0.3) is 11.6 Å². The lowest BCUT2D eigenvalue weighted by Gasteiger charge is -2.09. The van der Waals surface area contributed by atoms with Gasteiger partial charge in [-0.3, -0.25) is 20.2 Å². The number of hydrogen-bond acceptors (Lipinski definition) is 6. The number of imide groups is 1. The number of esters is 1. The van der Waals surface area contributed by atoms with Gasteiger partial charge in [0.1, 0.15) is 0 Å². The number of nitro groups is 1. The van der Waals surface area contributed by atoms with Crippen molar-refractivity contribution in [2.75, 3.05) is 11.9 Å². The van der Waals surface area contributed by atoms with Crippen molar-refractivity contribution in [1.82, 2.24) is 5.32 Å². The van der Waals surface area contributed by atoms with Gasteiger partial charge < -0.3 is 10.1 Å². The highest BCUT2D eigenvalue weighted by molar-refractivity contribution is 6.02. The number of hydrogen-bond donors (Lipinski definition) is 2. The van der Waals surface area contributed by atoms with Gasteiger partial charge in [-0.05, 0) is 43.2 Å². The number of carbonyl (C=O) groups excluding carboxylic acids is 3. The maximum Gasteiger partial charge on any atom is 0.338 e. The van der Waals surface area contributed by atoms with E-state index in [4.69, 9.17) is 4.74 Å². The first kappa shape index (κ1) is 19.6. The minimum absolute atomic E-state index is 0.0726. The Hall–Kier alpha value is -3.75. The second kappa shape index (κ2) is 8.56. The molecule has 140 valence electrons. The van der Waals surface area contributed by atoms with Gasteiger partial charge in [0.2, 0.25) is 0 Å². The number of urea groups is 1. The Bertz CT molecular complexity index is 910. The topological polar surface area (TPSA) is 128 Å². The molecule has 0 aliphatic rings. The molecule has 2 aromatic carbocycles. The van der Waals surface area contributed by atoms with Crippen molar-refractivity contribution < 1.29 is 24.0 Å². The van der Waals surface area contributed by atoms with Gasteiger partial charge in [0.15, 0.2) is 6.61 Å². The number of nitro benzene ring substituents is 1. The van der Waals surface area contributed by atoms with Crippen molar-refractivity contribution in [2.45, 2.75) is 13.8 Å². The van der Waals surface area contributed by atoms with E-state index >= 15 is 0 Å². The minimum atomic E-state index is -0.914. The molecular formula is C18H17N3O6. The van der Waals surface area contributed by atoms with Crippen LogP contribution in [-0.4, -0.2) is 29.4 Å². The summed E-state index contributed by atoms with van der Waals surface area (Å²) in [7, 11) is 0. The molecule has 2 rings (SSSR count). The fourth-order valence-electron chi connectivity index (χ4n) is 2.11. The molecule has 0 spiro atoms. The van der Waals surface area contributed by atoms with Crippen LogP contribution in [0, 0.1) is 24.0 Å². The number of non-ortho nitro benzene ring substituents is 1. The number of ether oxygens (including phenoxy) is 1. The predicted octanol–water partition coefficient (Wildman–Crippen LogP) is 2.72. The number of nitrogens with one attached hydrogen (secondary N) is 2. The van der Waals surface area contributed by atoms with Crippen LogP contribution in [0.5, 0.6) is 0 Å². The molecule has 9 heteroatoms. The smallest absolute Gasteiger partial charge is 0.338 e. The van der Waals surface area contributed by atoms with E-state index < -0.39 is 29.4 Å². The van der Waals surface area contributed by atoms with Crippen LogP contribution in [-0.2, 0) is 9.53 Å². The Morgan fingerprint density at radius 1 is 1.07 bits per heavy atom. The largest absolute Gasteiger partial charge is 0.452 e. The normalized spacial score (nSPS) is 10.0. The van der Waals surface area contributed by atoms with E-state index in [2.05, 4.69) is 5.32 Å². The summed E-state index contributed by atoms with van der Waals surface area (Å²) >= 11 is 0. The fraction of sp³-hybridized carbons (Fsp3) is 0.167. The van der Waals surface area contributed by atoms with E-state index in [-0.39, 0.29) is 11.3 Å². The second-order valence-electron chi connectivity index (χ2n) is 5.68. The third-order valence-corrected chi connectivity index (χ3v) is 3.64. The predicted molar refractivity (Wildman–Crippen MR) is 96.5 cm³/mol. The summed E-state index contributed by atoms with van der Waals surface area (Å²) in [6, 6.07) is 9.40. The van der Waals surface area contributed by atoms with Crippen molar-refractivity contribution in [2.24, 2.45) is 0 Å². The Balaban J connectivity index is 1.85. The molecule has 0 fully saturated rings. The van der Waals surface area contributed by atoms with Gasteiger partial charge in [-0.1, -0.05) is 12.1 Å². The van der Waals surface area contributed by atoms with E-state index in [0.717, 1.165) is 17.2 Å². The number of aryl methyl sites for hydroxylation is 2. The molecule has 0 unspecified atom stereocenters. The van der Waals surface area contributed by atoms with Crippen molar-refractivity contribution in [3.05, 3.63) is 69.3 Å². The molecule has 0 saturated heterocycles. The molecular weight excluding hydrogens is 354 g/mol. The second-order valence-corrected chi connectivity index (χ2v) is 5.68. The van der Waals surface area contributed by atoms with Crippen LogP contribution >= 0.6 is 0 Å². The standard InChI is InChI=1S/C18H17N3O6/c1-11-6-7-14(8-12(11)2)19-18(24)20-16(22)10-27-17(23)13-4-3-5-15(9-13)21(25)26/h3-9H,10H2,1-2H3,(H2,19,20,22,24). The summed E-state index contributed by atoms with van der Waals surface area (Å²) in [6.07, 6.45) is 0. The Labute approximate surface area is 154 Å². The SMILES string of the molecule is Cc1ccc(NC(=O)NC(=O)COC(=O)c2cccc([N+](=O)[O-])c2)cc1C. The summed E-state index contributed by atoms with van der Waals surface area (Å²) in [5, 5.41) is 15.2. The number of carbonyl (C=O) groups is 3. The molecule has 0 aliphatic carbocycles. The third kappa shape index (κ3) is 5.63. The van der Waals surface area contributed by atoms with Gasteiger partial charge >= 0.3 is 12.0 Å². The minimum Gasteiger partial charge on any atom is -0.452 e. The van der Waals surface area contributed by atoms with Crippen LogP contribution in [0.15, 0.2) is 42.5 Å². The van der Waals surface area contributed by atoms with Gasteiger partial charge in [-0.25, -0.2) is 9.59 Å². The van der Waals surface area contributed by atoms with Gasteiger partial charge in [0.05, 0.1) is 10.5 Å². The van der Waals surface area contributed by atoms with Crippen molar-refractivity contribution >= 4 is 29.3 Å². The monoisotopic (exact) mass is 371 g/mol. The molecule has 0 aromatic heterocycles. The maximum absolute atomic E-state index is 11.8.